The van der Waals surface area contributed by atoms with Crippen LogP contribution >= 0.6 is 12.2 Å². The summed E-state index contributed by atoms with van der Waals surface area (Å²) in [7, 11) is 0. The average molecular weight is 250 g/mol. The van der Waals surface area contributed by atoms with Gasteiger partial charge in [-0.25, -0.2) is 0 Å². The van der Waals surface area contributed by atoms with Crippen molar-refractivity contribution in [2.45, 2.75) is 24.9 Å². The van der Waals surface area contributed by atoms with Crippen LogP contribution in [0.4, 0.5) is 0 Å². The summed E-state index contributed by atoms with van der Waals surface area (Å²) >= 11 is 5.27. The van der Waals surface area contributed by atoms with Gasteiger partial charge in [-0.15, -0.1) is 0 Å². The van der Waals surface area contributed by atoms with Gasteiger partial charge >= 0.3 is 0 Å². The minimum atomic E-state index is -0.475. The summed E-state index contributed by atoms with van der Waals surface area (Å²) in [5, 5.41) is 13.6. The van der Waals surface area contributed by atoms with Crippen molar-refractivity contribution in [3.63, 3.8) is 0 Å². The fourth-order valence-corrected chi connectivity index (χ4v) is 2.70. The van der Waals surface area contributed by atoms with Gasteiger partial charge in [-0.05, 0) is 17.8 Å². The van der Waals surface area contributed by atoms with Crippen LogP contribution in [0.1, 0.15) is 5.56 Å². The van der Waals surface area contributed by atoms with Crippen LogP contribution in [0.2, 0.25) is 0 Å². The Balaban J connectivity index is 1.80. The first-order valence-electron chi connectivity index (χ1n) is 5.66. The van der Waals surface area contributed by atoms with E-state index < -0.39 is 6.10 Å². The number of hydrogen-bond acceptors (Lipinski definition) is 3. The van der Waals surface area contributed by atoms with Crippen molar-refractivity contribution in [3.8, 4) is 0 Å². The second kappa shape index (κ2) is 4.25. The lowest BCUT2D eigenvalue weighted by atomic mass is 10.1. The van der Waals surface area contributed by atoms with Crippen molar-refractivity contribution >= 4 is 17.3 Å². The van der Waals surface area contributed by atoms with E-state index in [1.54, 1.807) is 0 Å². The number of nitrogens with one attached hydrogen (secondary N) is 1. The molecule has 3 rings (SSSR count). The molecule has 1 aromatic rings. The lowest BCUT2D eigenvalue weighted by Gasteiger charge is -2.25. The molecule has 2 aliphatic heterocycles. The molecule has 90 valence electrons. The van der Waals surface area contributed by atoms with Crippen molar-refractivity contribution in [2.24, 2.45) is 0 Å². The van der Waals surface area contributed by atoms with Crippen molar-refractivity contribution < 1.29 is 9.84 Å². The number of nitrogens with zero attached hydrogens (tertiary/aromatic N) is 1. The number of rotatable bonds is 2. The molecule has 0 bridgehead atoms. The number of aliphatic hydroxyl groups is 1. The van der Waals surface area contributed by atoms with Gasteiger partial charge in [0.05, 0.1) is 6.61 Å². The molecule has 0 aromatic heterocycles. The minimum absolute atomic E-state index is 0.0669. The predicted molar refractivity (Wildman–Crippen MR) is 67.3 cm³/mol. The number of benzene rings is 1. The summed E-state index contributed by atoms with van der Waals surface area (Å²) in [5.41, 5.74) is 1.18. The van der Waals surface area contributed by atoms with Gasteiger partial charge in [-0.1, -0.05) is 30.3 Å². The Kier molecular flexibility index (Phi) is 2.74. The lowest BCUT2D eigenvalue weighted by Crippen LogP contribution is -2.41. The third-order valence-electron chi connectivity index (χ3n) is 3.23. The second-order valence-corrected chi connectivity index (χ2v) is 4.76. The Morgan fingerprint density at radius 1 is 1.41 bits per heavy atom. The highest BCUT2D eigenvalue weighted by molar-refractivity contribution is 7.80. The Morgan fingerprint density at radius 2 is 2.18 bits per heavy atom. The first kappa shape index (κ1) is 11.0. The molecule has 5 heteroatoms. The molecule has 3 atom stereocenters. The molecule has 2 aliphatic rings. The van der Waals surface area contributed by atoms with E-state index in [-0.39, 0.29) is 12.3 Å². The zero-order valence-corrected chi connectivity index (χ0v) is 10.1. The van der Waals surface area contributed by atoms with E-state index in [0.717, 1.165) is 0 Å². The largest absolute Gasteiger partial charge is 0.388 e. The lowest BCUT2D eigenvalue weighted by molar-refractivity contribution is 0.0831. The molecule has 4 nitrogen and oxygen atoms in total. The number of fused-ring (bicyclic) bond motifs is 1. The third-order valence-corrected chi connectivity index (χ3v) is 3.59. The van der Waals surface area contributed by atoms with Crippen molar-refractivity contribution in [3.05, 3.63) is 35.9 Å². The van der Waals surface area contributed by atoms with Gasteiger partial charge in [0, 0.05) is 6.54 Å². The van der Waals surface area contributed by atoms with Crippen LogP contribution in [0.5, 0.6) is 0 Å². The van der Waals surface area contributed by atoms with E-state index in [2.05, 4.69) is 17.4 Å². The summed E-state index contributed by atoms with van der Waals surface area (Å²) in [6.45, 7) is 1.07. The summed E-state index contributed by atoms with van der Waals surface area (Å²) in [4.78, 5) is 2.01. The van der Waals surface area contributed by atoms with Crippen LogP contribution in [-0.2, 0) is 11.3 Å². The summed E-state index contributed by atoms with van der Waals surface area (Å²) in [6.07, 6.45) is -0.641. The molecule has 2 fully saturated rings. The van der Waals surface area contributed by atoms with Gasteiger partial charge in [0.2, 0.25) is 0 Å². The molecule has 0 saturated carbocycles. The van der Waals surface area contributed by atoms with Crippen LogP contribution in [0.25, 0.3) is 0 Å². The van der Waals surface area contributed by atoms with Crippen molar-refractivity contribution in [1.82, 2.24) is 10.2 Å². The molecular formula is C12H14N2O2S. The normalized spacial score (nSPS) is 31.5. The highest BCUT2D eigenvalue weighted by atomic mass is 32.1. The molecule has 17 heavy (non-hydrogen) atoms. The monoisotopic (exact) mass is 250 g/mol. The Morgan fingerprint density at radius 3 is 2.94 bits per heavy atom. The van der Waals surface area contributed by atoms with Gasteiger partial charge in [0.25, 0.3) is 0 Å². The first-order chi connectivity index (χ1) is 8.25. The van der Waals surface area contributed by atoms with Gasteiger partial charge in [0.1, 0.15) is 12.1 Å². The molecule has 2 heterocycles. The third kappa shape index (κ3) is 1.90. The Labute approximate surface area is 105 Å². The number of aliphatic hydroxyl groups excluding tert-OH is 1. The number of hydrogen-bond donors (Lipinski definition) is 2. The number of ether oxygens (including phenoxy) is 1. The van der Waals surface area contributed by atoms with Crippen LogP contribution in [0.3, 0.4) is 0 Å². The van der Waals surface area contributed by atoms with Crippen LogP contribution < -0.4 is 5.32 Å². The molecule has 0 unspecified atom stereocenters. The van der Waals surface area contributed by atoms with Crippen molar-refractivity contribution in [1.29, 1.82) is 0 Å². The molecule has 1 aromatic carbocycles. The molecule has 0 spiro atoms. The quantitative estimate of drug-likeness (QED) is 0.747. The average Bonchev–Trinajstić information content (AvgIpc) is 2.83. The topological polar surface area (TPSA) is 44.7 Å². The van der Waals surface area contributed by atoms with E-state index in [0.29, 0.717) is 18.3 Å². The molecule has 0 radical (unpaired) electrons. The number of thiocarbonyl (C=S) groups is 1. The maximum Gasteiger partial charge on any atom is 0.171 e. The van der Waals surface area contributed by atoms with Crippen molar-refractivity contribution in [2.75, 3.05) is 6.61 Å². The van der Waals surface area contributed by atoms with Crippen LogP contribution in [0.15, 0.2) is 30.3 Å². The van der Waals surface area contributed by atoms with Gasteiger partial charge < -0.3 is 20.1 Å². The van der Waals surface area contributed by atoms with Gasteiger partial charge in [-0.2, -0.15) is 0 Å². The Bertz CT molecular complexity index is 426. The standard InChI is InChI=1S/C12H14N2O2S/c15-9-7-16-11-10(9)14(12(17)13-11)6-8-4-2-1-3-5-8/h1-5,9-11,15H,6-7H2,(H,13,17)/t9-,10+,11-/m0/s1. The molecule has 0 amide bonds. The summed E-state index contributed by atoms with van der Waals surface area (Å²) in [6, 6.07) is 10.0. The van der Waals surface area contributed by atoms with Crippen LogP contribution in [0, 0.1) is 0 Å². The molecule has 2 N–H and O–H groups in total. The fourth-order valence-electron chi connectivity index (χ4n) is 2.40. The van der Waals surface area contributed by atoms with E-state index in [4.69, 9.17) is 17.0 Å². The van der Waals surface area contributed by atoms with E-state index in [1.165, 1.54) is 5.56 Å². The SMILES string of the molecule is O[C@H]1CO[C@@H]2NC(=S)N(Cc3ccccc3)[C@H]12. The zero-order chi connectivity index (χ0) is 11.8. The first-order valence-corrected chi connectivity index (χ1v) is 6.07. The zero-order valence-electron chi connectivity index (χ0n) is 9.24. The summed E-state index contributed by atoms with van der Waals surface area (Å²) < 4.78 is 5.44. The smallest absolute Gasteiger partial charge is 0.171 e. The maximum atomic E-state index is 9.90. The predicted octanol–water partition coefficient (Wildman–Crippen LogP) is 0.462. The minimum Gasteiger partial charge on any atom is -0.388 e. The fraction of sp³-hybridized carbons (Fsp3) is 0.417. The second-order valence-electron chi connectivity index (χ2n) is 4.37. The summed E-state index contributed by atoms with van der Waals surface area (Å²) in [5.74, 6) is 0. The maximum absolute atomic E-state index is 9.90. The van der Waals surface area contributed by atoms with E-state index in [9.17, 15) is 5.11 Å². The molecule has 2 saturated heterocycles. The highest BCUT2D eigenvalue weighted by Gasteiger charge is 2.46. The molecule has 0 aliphatic carbocycles. The molecular weight excluding hydrogens is 236 g/mol. The highest BCUT2D eigenvalue weighted by Crippen LogP contribution is 2.26. The van der Waals surface area contributed by atoms with Crippen LogP contribution in [-0.4, -0.2) is 40.1 Å². The van der Waals surface area contributed by atoms with E-state index >= 15 is 0 Å². The van der Waals surface area contributed by atoms with Gasteiger partial charge in [0.15, 0.2) is 11.3 Å². The Hall–Kier alpha value is -1.17. The van der Waals surface area contributed by atoms with E-state index in [1.807, 2.05) is 23.1 Å². The van der Waals surface area contributed by atoms with Gasteiger partial charge in [-0.3, -0.25) is 0 Å².